The van der Waals surface area contributed by atoms with Crippen LogP contribution in [0.3, 0.4) is 0 Å². The van der Waals surface area contributed by atoms with E-state index in [9.17, 15) is 14.0 Å². The second-order valence-electron chi connectivity index (χ2n) is 9.65. The van der Waals surface area contributed by atoms with Crippen LogP contribution in [0.15, 0.2) is 102 Å². The molecule has 0 fully saturated rings. The van der Waals surface area contributed by atoms with Crippen molar-refractivity contribution in [2.24, 2.45) is 0 Å². The number of benzene rings is 5. The van der Waals surface area contributed by atoms with Crippen LogP contribution in [0.2, 0.25) is 0 Å². The predicted octanol–water partition coefficient (Wildman–Crippen LogP) is 7.15. The molecule has 6 aromatic rings. The number of rotatable bonds is 7. The third-order valence-electron chi connectivity index (χ3n) is 7.02. The standard InChI is InChI=1S/C33H22F2N2O4/c34-25-13-11-20(12-14-25)24-15-27(32(38)36-18-19-5-7-22(8-6-19)33(39)40)30-28(16-24)37-41-29(30)17-23-10-9-21-3-1-2-4-26(21)31(23)35/h1-16H,17-18H2,(H,36,38)(H,39,40). The molecule has 0 aliphatic rings. The highest BCUT2D eigenvalue weighted by atomic mass is 19.1. The summed E-state index contributed by atoms with van der Waals surface area (Å²) >= 11 is 0. The van der Waals surface area contributed by atoms with Gasteiger partial charge in [0.2, 0.25) is 0 Å². The Balaban J connectivity index is 1.39. The molecule has 0 aliphatic heterocycles. The van der Waals surface area contributed by atoms with Gasteiger partial charge >= 0.3 is 5.97 Å². The van der Waals surface area contributed by atoms with E-state index in [-0.39, 0.29) is 35.7 Å². The maximum absolute atomic E-state index is 15.4. The van der Waals surface area contributed by atoms with E-state index in [2.05, 4.69) is 10.5 Å². The number of nitrogens with one attached hydrogen (secondary N) is 1. The smallest absolute Gasteiger partial charge is 0.335 e. The Morgan fingerprint density at radius 3 is 2.37 bits per heavy atom. The summed E-state index contributed by atoms with van der Waals surface area (Å²) in [6.45, 7) is 0.140. The summed E-state index contributed by atoms with van der Waals surface area (Å²) in [6, 6.07) is 26.2. The molecule has 0 spiro atoms. The Morgan fingerprint density at radius 1 is 0.854 bits per heavy atom. The molecule has 0 radical (unpaired) electrons. The molecule has 6 nitrogen and oxygen atoms in total. The molecule has 0 saturated heterocycles. The average molecular weight is 549 g/mol. The number of carboxylic acid groups (broad SMARTS) is 1. The van der Waals surface area contributed by atoms with Gasteiger partial charge in [-0.1, -0.05) is 65.8 Å². The fourth-order valence-electron chi connectivity index (χ4n) is 4.88. The molecular weight excluding hydrogens is 526 g/mol. The lowest BCUT2D eigenvalue weighted by molar-refractivity contribution is 0.0696. The van der Waals surface area contributed by atoms with Crippen LogP contribution in [0.5, 0.6) is 0 Å². The number of halogens is 2. The first-order chi connectivity index (χ1) is 19.9. The lowest BCUT2D eigenvalue weighted by Crippen LogP contribution is -2.23. The molecule has 0 atom stereocenters. The van der Waals surface area contributed by atoms with E-state index in [4.69, 9.17) is 9.63 Å². The summed E-state index contributed by atoms with van der Waals surface area (Å²) in [4.78, 5) is 24.7. The first-order valence-electron chi connectivity index (χ1n) is 12.8. The van der Waals surface area contributed by atoms with Crippen molar-refractivity contribution in [3.05, 3.63) is 137 Å². The van der Waals surface area contributed by atoms with Crippen LogP contribution < -0.4 is 5.32 Å². The molecule has 2 N–H and O–H groups in total. The molecule has 1 amide bonds. The SMILES string of the molecule is O=C(O)c1ccc(CNC(=O)c2cc(-c3ccc(F)cc3)cc3noc(Cc4ccc5ccccc5c4F)c23)cc1. The van der Waals surface area contributed by atoms with Gasteiger partial charge in [0.25, 0.3) is 5.91 Å². The minimum Gasteiger partial charge on any atom is -0.478 e. The summed E-state index contributed by atoms with van der Waals surface area (Å²) in [6.07, 6.45) is 0.0694. The molecule has 8 heteroatoms. The molecule has 202 valence electrons. The zero-order valence-electron chi connectivity index (χ0n) is 21.5. The van der Waals surface area contributed by atoms with Crippen LogP contribution >= 0.6 is 0 Å². The summed E-state index contributed by atoms with van der Waals surface area (Å²) in [5.74, 6) is -1.89. The van der Waals surface area contributed by atoms with E-state index in [1.54, 1.807) is 54.6 Å². The van der Waals surface area contributed by atoms with Gasteiger partial charge < -0.3 is 14.9 Å². The first-order valence-corrected chi connectivity index (χ1v) is 12.8. The lowest BCUT2D eigenvalue weighted by Gasteiger charge is -2.11. The van der Waals surface area contributed by atoms with E-state index in [0.717, 1.165) is 5.39 Å². The van der Waals surface area contributed by atoms with Crippen LogP contribution in [0.25, 0.3) is 32.8 Å². The average Bonchev–Trinajstić information content (AvgIpc) is 3.40. The molecule has 0 bridgehead atoms. The number of carbonyl (C=O) groups is 2. The number of aromatic nitrogens is 1. The fourth-order valence-corrected chi connectivity index (χ4v) is 4.88. The second kappa shape index (κ2) is 10.7. The maximum atomic E-state index is 15.4. The van der Waals surface area contributed by atoms with Crippen molar-refractivity contribution in [1.82, 2.24) is 10.5 Å². The van der Waals surface area contributed by atoms with Crippen molar-refractivity contribution in [2.75, 3.05) is 0 Å². The van der Waals surface area contributed by atoms with Gasteiger partial charge in [0.05, 0.1) is 16.5 Å². The van der Waals surface area contributed by atoms with Gasteiger partial charge in [0.15, 0.2) is 0 Å². The third-order valence-corrected chi connectivity index (χ3v) is 7.02. The minimum absolute atomic E-state index is 0.0694. The number of carbonyl (C=O) groups excluding carboxylic acids is 1. The van der Waals surface area contributed by atoms with Gasteiger partial charge in [-0.2, -0.15) is 0 Å². The normalized spacial score (nSPS) is 11.2. The first kappa shape index (κ1) is 25.9. The van der Waals surface area contributed by atoms with Crippen molar-refractivity contribution >= 4 is 33.6 Å². The van der Waals surface area contributed by atoms with Crippen LogP contribution in [-0.2, 0) is 13.0 Å². The van der Waals surface area contributed by atoms with Crippen molar-refractivity contribution in [1.29, 1.82) is 0 Å². The zero-order chi connectivity index (χ0) is 28.5. The summed E-state index contributed by atoms with van der Waals surface area (Å²) in [7, 11) is 0. The highest BCUT2D eigenvalue weighted by Gasteiger charge is 2.21. The van der Waals surface area contributed by atoms with Crippen LogP contribution in [-0.4, -0.2) is 22.1 Å². The Morgan fingerprint density at radius 2 is 1.61 bits per heavy atom. The maximum Gasteiger partial charge on any atom is 0.335 e. The number of nitrogens with zero attached hydrogens (tertiary/aromatic N) is 1. The van der Waals surface area contributed by atoms with Crippen LogP contribution in [0, 0.1) is 11.6 Å². The Kier molecular flexibility index (Phi) is 6.73. The highest BCUT2D eigenvalue weighted by molar-refractivity contribution is 6.08. The van der Waals surface area contributed by atoms with Gasteiger partial charge in [-0.05, 0) is 64.0 Å². The van der Waals surface area contributed by atoms with E-state index in [0.29, 0.717) is 44.3 Å². The topological polar surface area (TPSA) is 92.4 Å². The molecule has 41 heavy (non-hydrogen) atoms. The molecule has 5 aromatic carbocycles. The van der Waals surface area contributed by atoms with Crippen molar-refractivity contribution in [3.63, 3.8) is 0 Å². The Labute approximate surface area is 232 Å². The largest absolute Gasteiger partial charge is 0.478 e. The van der Waals surface area contributed by atoms with E-state index >= 15 is 4.39 Å². The number of fused-ring (bicyclic) bond motifs is 2. The molecule has 0 saturated carbocycles. The summed E-state index contributed by atoms with van der Waals surface area (Å²) in [5.41, 5.74) is 3.22. The van der Waals surface area contributed by atoms with Gasteiger partial charge in [-0.15, -0.1) is 0 Å². The van der Waals surface area contributed by atoms with Crippen molar-refractivity contribution in [2.45, 2.75) is 13.0 Å². The molecular formula is C33H22F2N2O4. The van der Waals surface area contributed by atoms with Crippen molar-refractivity contribution < 1.29 is 28.0 Å². The molecule has 0 aliphatic carbocycles. The Hall–Kier alpha value is -5.37. The molecule has 1 heterocycles. The molecule has 0 unspecified atom stereocenters. The molecule has 6 rings (SSSR count). The second-order valence-corrected chi connectivity index (χ2v) is 9.65. The monoisotopic (exact) mass is 548 g/mol. The minimum atomic E-state index is -1.04. The summed E-state index contributed by atoms with van der Waals surface area (Å²) in [5, 5.41) is 17.9. The summed E-state index contributed by atoms with van der Waals surface area (Å²) < 4.78 is 34.7. The highest BCUT2D eigenvalue weighted by Crippen LogP contribution is 2.32. The Bertz CT molecular complexity index is 1930. The molecule has 1 aromatic heterocycles. The quantitative estimate of drug-likeness (QED) is 0.221. The van der Waals surface area contributed by atoms with Crippen LogP contribution in [0.4, 0.5) is 8.78 Å². The number of aromatic carboxylic acids is 1. The van der Waals surface area contributed by atoms with E-state index < -0.39 is 11.9 Å². The van der Waals surface area contributed by atoms with Gasteiger partial charge in [-0.25, -0.2) is 13.6 Å². The van der Waals surface area contributed by atoms with Gasteiger partial charge in [0.1, 0.15) is 22.9 Å². The number of hydrogen-bond donors (Lipinski definition) is 2. The van der Waals surface area contributed by atoms with Gasteiger partial charge in [-0.3, -0.25) is 4.79 Å². The number of carboxylic acids is 1. The number of amides is 1. The van der Waals surface area contributed by atoms with E-state index in [1.807, 2.05) is 18.2 Å². The number of hydrogen-bond acceptors (Lipinski definition) is 4. The van der Waals surface area contributed by atoms with Gasteiger partial charge in [0, 0.05) is 18.4 Å². The zero-order valence-corrected chi connectivity index (χ0v) is 21.5. The van der Waals surface area contributed by atoms with Crippen LogP contribution in [0.1, 0.15) is 37.6 Å². The third kappa shape index (κ3) is 5.15. The fraction of sp³-hybridized carbons (Fsp3) is 0.0606. The predicted molar refractivity (Wildman–Crippen MR) is 151 cm³/mol. The van der Waals surface area contributed by atoms with Crippen molar-refractivity contribution in [3.8, 4) is 11.1 Å². The lowest BCUT2D eigenvalue weighted by atomic mass is 9.96. The van der Waals surface area contributed by atoms with E-state index in [1.165, 1.54) is 24.3 Å².